The van der Waals surface area contributed by atoms with E-state index in [0.717, 1.165) is 15.4 Å². The van der Waals surface area contributed by atoms with Crippen LogP contribution in [0.4, 0.5) is 0 Å². The third-order valence-electron chi connectivity index (χ3n) is 4.33. The average molecular weight is 440 g/mol. The number of carbonyl (C=O) groups excluding carboxylic acids is 1. The summed E-state index contributed by atoms with van der Waals surface area (Å²) in [6, 6.07) is 12.7. The Balaban J connectivity index is 1.86. The van der Waals surface area contributed by atoms with Gasteiger partial charge in [0.1, 0.15) is 0 Å². The molecule has 10 heteroatoms. The third kappa shape index (κ3) is 6.10. The van der Waals surface area contributed by atoms with E-state index < -0.39 is 20.0 Å². The molecule has 0 saturated carbocycles. The molecule has 0 heterocycles. The van der Waals surface area contributed by atoms with Crippen LogP contribution in [-0.2, 0) is 37.8 Å². The van der Waals surface area contributed by atoms with Crippen LogP contribution >= 0.6 is 0 Å². The SMILES string of the molecule is CNS(=O)(=O)c1ccc(CCC(=O)NCc2ccc(S(=O)(=O)N(C)C)cc2)cc1. The second kappa shape index (κ2) is 9.49. The van der Waals surface area contributed by atoms with Crippen molar-refractivity contribution in [1.29, 1.82) is 0 Å². The summed E-state index contributed by atoms with van der Waals surface area (Å²) in [5, 5.41) is 2.79. The van der Waals surface area contributed by atoms with Crippen LogP contribution in [0.3, 0.4) is 0 Å². The smallest absolute Gasteiger partial charge is 0.242 e. The van der Waals surface area contributed by atoms with E-state index in [-0.39, 0.29) is 22.1 Å². The Morgan fingerprint density at radius 2 is 1.38 bits per heavy atom. The number of sulfonamides is 2. The molecule has 1 amide bonds. The van der Waals surface area contributed by atoms with Gasteiger partial charge >= 0.3 is 0 Å². The number of rotatable bonds is 9. The van der Waals surface area contributed by atoms with Crippen molar-refractivity contribution in [3.8, 4) is 0 Å². The minimum atomic E-state index is -3.47. The molecule has 2 rings (SSSR count). The molecule has 0 saturated heterocycles. The van der Waals surface area contributed by atoms with Gasteiger partial charge in [-0.3, -0.25) is 4.79 Å². The van der Waals surface area contributed by atoms with Crippen LogP contribution in [0.25, 0.3) is 0 Å². The van der Waals surface area contributed by atoms with Gasteiger partial charge < -0.3 is 5.32 Å². The highest BCUT2D eigenvalue weighted by Gasteiger charge is 2.16. The monoisotopic (exact) mass is 439 g/mol. The van der Waals surface area contributed by atoms with Crippen LogP contribution in [-0.4, -0.2) is 48.2 Å². The Kier molecular flexibility index (Phi) is 7.53. The lowest BCUT2D eigenvalue weighted by Gasteiger charge is -2.12. The highest BCUT2D eigenvalue weighted by atomic mass is 32.2. The molecule has 0 fully saturated rings. The lowest BCUT2D eigenvalue weighted by atomic mass is 10.1. The average Bonchev–Trinajstić information content (AvgIpc) is 2.71. The third-order valence-corrected chi connectivity index (χ3v) is 7.59. The van der Waals surface area contributed by atoms with Gasteiger partial charge in [-0.15, -0.1) is 0 Å². The van der Waals surface area contributed by atoms with Gasteiger partial charge in [0, 0.05) is 27.1 Å². The number of hydrogen-bond acceptors (Lipinski definition) is 5. The van der Waals surface area contributed by atoms with E-state index in [4.69, 9.17) is 0 Å². The maximum Gasteiger partial charge on any atom is 0.242 e. The minimum Gasteiger partial charge on any atom is -0.352 e. The van der Waals surface area contributed by atoms with E-state index in [2.05, 4.69) is 10.0 Å². The lowest BCUT2D eigenvalue weighted by molar-refractivity contribution is -0.121. The van der Waals surface area contributed by atoms with Crippen LogP contribution in [0.2, 0.25) is 0 Å². The normalized spacial score (nSPS) is 12.1. The fourth-order valence-electron chi connectivity index (χ4n) is 2.49. The Morgan fingerprint density at radius 3 is 1.90 bits per heavy atom. The molecule has 0 aromatic heterocycles. The number of aryl methyl sites for hydroxylation is 1. The summed E-state index contributed by atoms with van der Waals surface area (Å²) in [5.41, 5.74) is 1.64. The van der Waals surface area contributed by atoms with Crippen LogP contribution in [0.1, 0.15) is 17.5 Å². The summed E-state index contributed by atoms with van der Waals surface area (Å²) >= 11 is 0. The molecule has 0 aliphatic rings. The Labute approximate surface area is 172 Å². The number of amides is 1. The van der Waals surface area contributed by atoms with Crippen molar-refractivity contribution in [2.75, 3.05) is 21.1 Å². The molecule has 2 N–H and O–H groups in total. The van der Waals surface area contributed by atoms with E-state index in [1.54, 1.807) is 24.3 Å². The zero-order chi connectivity index (χ0) is 21.7. The molecule has 2 aromatic rings. The fraction of sp³-hybridized carbons (Fsp3) is 0.316. The summed E-state index contributed by atoms with van der Waals surface area (Å²) in [6.07, 6.45) is 0.733. The molecule has 0 bridgehead atoms. The van der Waals surface area contributed by atoms with Gasteiger partial charge in [0.15, 0.2) is 0 Å². The molecule has 0 unspecified atom stereocenters. The van der Waals surface area contributed by atoms with Crippen LogP contribution < -0.4 is 10.0 Å². The maximum absolute atomic E-state index is 12.1. The molecule has 2 aromatic carbocycles. The second-order valence-corrected chi connectivity index (χ2v) is 10.6. The molecule has 0 spiro atoms. The van der Waals surface area contributed by atoms with Gasteiger partial charge in [-0.1, -0.05) is 24.3 Å². The van der Waals surface area contributed by atoms with E-state index in [9.17, 15) is 21.6 Å². The van der Waals surface area contributed by atoms with Gasteiger partial charge in [0.2, 0.25) is 26.0 Å². The minimum absolute atomic E-state index is 0.151. The predicted molar refractivity (Wildman–Crippen MR) is 110 cm³/mol. The van der Waals surface area contributed by atoms with E-state index in [1.807, 2.05) is 0 Å². The summed E-state index contributed by atoms with van der Waals surface area (Å²) < 4.78 is 50.9. The van der Waals surface area contributed by atoms with E-state index in [0.29, 0.717) is 13.0 Å². The predicted octanol–water partition coefficient (Wildman–Crippen LogP) is 1.09. The molecule has 0 aliphatic heterocycles. The summed E-state index contributed by atoms with van der Waals surface area (Å²) in [4.78, 5) is 12.4. The first-order valence-corrected chi connectivity index (χ1v) is 11.8. The van der Waals surface area contributed by atoms with Crippen molar-refractivity contribution in [3.63, 3.8) is 0 Å². The highest BCUT2D eigenvalue weighted by Crippen LogP contribution is 2.14. The van der Waals surface area contributed by atoms with Gasteiger partial charge in [0.25, 0.3) is 0 Å². The van der Waals surface area contributed by atoms with Crippen LogP contribution in [0, 0.1) is 0 Å². The van der Waals surface area contributed by atoms with Crippen molar-refractivity contribution in [3.05, 3.63) is 59.7 Å². The standard InChI is InChI=1S/C19H25N3O5S2/c1-20-28(24,25)17-9-4-15(5-10-17)8-13-19(23)21-14-16-6-11-18(12-7-16)29(26,27)22(2)3/h4-7,9-12,20H,8,13-14H2,1-3H3,(H,21,23). The number of carbonyl (C=O) groups is 1. The first-order valence-electron chi connectivity index (χ1n) is 8.87. The molecular formula is C19H25N3O5S2. The number of nitrogens with zero attached hydrogens (tertiary/aromatic N) is 1. The second-order valence-electron chi connectivity index (χ2n) is 6.56. The quantitative estimate of drug-likeness (QED) is 0.607. The Morgan fingerprint density at radius 1 is 0.862 bits per heavy atom. The van der Waals surface area contributed by atoms with Crippen molar-refractivity contribution in [2.24, 2.45) is 0 Å². The highest BCUT2D eigenvalue weighted by molar-refractivity contribution is 7.89. The van der Waals surface area contributed by atoms with Gasteiger partial charge in [-0.25, -0.2) is 25.9 Å². The number of hydrogen-bond donors (Lipinski definition) is 2. The molecule has 8 nitrogen and oxygen atoms in total. The van der Waals surface area contributed by atoms with Crippen LogP contribution in [0.5, 0.6) is 0 Å². The van der Waals surface area contributed by atoms with E-state index in [1.165, 1.54) is 45.4 Å². The first kappa shape index (κ1) is 23.0. The topological polar surface area (TPSA) is 113 Å². The molecular weight excluding hydrogens is 414 g/mol. The lowest BCUT2D eigenvalue weighted by Crippen LogP contribution is -2.23. The Bertz CT molecular complexity index is 1050. The van der Waals surface area contributed by atoms with Gasteiger partial charge in [-0.2, -0.15) is 0 Å². The molecule has 158 valence electrons. The summed E-state index contributed by atoms with van der Waals surface area (Å²) in [6.45, 7) is 0.292. The molecule has 29 heavy (non-hydrogen) atoms. The molecule has 0 aliphatic carbocycles. The molecule has 0 atom stereocenters. The van der Waals surface area contributed by atoms with Gasteiger partial charge in [0.05, 0.1) is 9.79 Å². The molecule has 0 radical (unpaired) electrons. The maximum atomic E-state index is 12.1. The van der Waals surface area contributed by atoms with Crippen molar-refractivity contribution >= 4 is 26.0 Å². The van der Waals surface area contributed by atoms with Crippen LogP contribution in [0.15, 0.2) is 58.3 Å². The first-order chi connectivity index (χ1) is 13.6. The van der Waals surface area contributed by atoms with E-state index >= 15 is 0 Å². The summed E-state index contributed by atoms with van der Waals surface area (Å²) in [5.74, 6) is -0.151. The largest absolute Gasteiger partial charge is 0.352 e. The van der Waals surface area contributed by atoms with Crippen molar-refractivity contribution < 1.29 is 21.6 Å². The van der Waals surface area contributed by atoms with Crippen molar-refractivity contribution in [1.82, 2.24) is 14.3 Å². The number of benzene rings is 2. The Hall–Kier alpha value is -2.27. The zero-order valence-corrected chi connectivity index (χ0v) is 18.2. The van der Waals surface area contributed by atoms with Crippen molar-refractivity contribution in [2.45, 2.75) is 29.2 Å². The number of nitrogens with one attached hydrogen (secondary N) is 2. The van der Waals surface area contributed by atoms with Gasteiger partial charge in [-0.05, 0) is 48.9 Å². The zero-order valence-electron chi connectivity index (χ0n) is 16.5. The fourth-order valence-corrected chi connectivity index (χ4v) is 4.12. The summed E-state index contributed by atoms with van der Waals surface area (Å²) in [7, 11) is -2.66.